The van der Waals surface area contributed by atoms with Gasteiger partial charge in [-0.3, -0.25) is 0 Å². The standard InChI is InChI=1S/C26H38O2/c1-3-5-7-9-10-12-20-28-26-18-14-16-24(22-26)23-15-13-17-25(21-23)27-19-11-8-6-4-2/h13-18,21-22H,3-12,19-20H2,1-2H3. The number of unbranched alkanes of at least 4 members (excludes halogenated alkanes) is 8. The average Bonchev–Trinajstić information content (AvgIpc) is 2.73. The first kappa shape index (κ1) is 22.3. The molecule has 2 rings (SSSR count). The van der Waals surface area contributed by atoms with Crippen LogP contribution in [0.4, 0.5) is 0 Å². The second-order valence-corrected chi connectivity index (χ2v) is 7.58. The van der Waals surface area contributed by atoms with E-state index in [9.17, 15) is 0 Å². The largest absolute Gasteiger partial charge is 0.494 e. The van der Waals surface area contributed by atoms with Crippen LogP contribution in [0.3, 0.4) is 0 Å². The third kappa shape index (κ3) is 8.82. The fraction of sp³-hybridized carbons (Fsp3) is 0.538. The summed E-state index contributed by atoms with van der Waals surface area (Å²) in [6.45, 7) is 6.09. The Kier molecular flexibility index (Phi) is 11.2. The van der Waals surface area contributed by atoms with Gasteiger partial charge in [-0.1, -0.05) is 89.5 Å². The number of ether oxygens (including phenoxy) is 2. The predicted octanol–water partition coefficient (Wildman–Crippen LogP) is 8.05. The third-order valence-corrected chi connectivity index (χ3v) is 5.03. The van der Waals surface area contributed by atoms with E-state index in [-0.39, 0.29) is 0 Å². The number of rotatable bonds is 15. The van der Waals surface area contributed by atoms with Crippen LogP contribution in [0.15, 0.2) is 48.5 Å². The Hall–Kier alpha value is -1.96. The first-order valence-electron chi connectivity index (χ1n) is 11.3. The lowest BCUT2D eigenvalue weighted by Crippen LogP contribution is -1.98. The van der Waals surface area contributed by atoms with Crippen LogP contribution in [0, 0.1) is 0 Å². The van der Waals surface area contributed by atoms with Crippen LogP contribution in [0.2, 0.25) is 0 Å². The molecule has 0 aromatic heterocycles. The van der Waals surface area contributed by atoms with E-state index in [0.29, 0.717) is 0 Å². The van der Waals surface area contributed by atoms with Crippen LogP contribution in [0.1, 0.15) is 78.1 Å². The molecule has 0 fully saturated rings. The lowest BCUT2D eigenvalue weighted by Gasteiger charge is -2.10. The SMILES string of the molecule is CCCCCCCCOc1cccc(-c2cccc(OCCCCCC)c2)c1. The van der Waals surface area contributed by atoms with Gasteiger partial charge in [-0.15, -0.1) is 0 Å². The van der Waals surface area contributed by atoms with E-state index >= 15 is 0 Å². The Morgan fingerprint density at radius 3 is 1.46 bits per heavy atom. The summed E-state index contributed by atoms with van der Waals surface area (Å²) in [5.74, 6) is 1.91. The highest BCUT2D eigenvalue weighted by Crippen LogP contribution is 2.27. The second kappa shape index (κ2) is 14.1. The maximum absolute atomic E-state index is 5.98. The van der Waals surface area contributed by atoms with Gasteiger partial charge >= 0.3 is 0 Å². The molecule has 2 aromatic rings. The molecule has 0 N–H and O–H groups in total. The van der Waals surface area contributed by atoms with Gasteiger partial charge in [-0.25, -0.2) is 0 Å². The Bertz CT molecular complexity index is 650. The molecule has 2 heteroatoms. The summed E-state index contributed by atoms with van der Waals surface area (Å²) >= 11 is 0. The van der Waals surface area contributed by atoms with Gasteiger partial charge in [0.25, 0.3) is 0 Å². The highest BCUT2D eigenvalue weighted by atomic mass is 16.5. The van der Waals surface area contributed by atoms with Crippen LogP contribution in [-0.4, -0.2) is 13.2 Å². The van der Waals surface area contributed by atoms with Crippen molar-refractivity contribution in [1.82, 2.24) is 0 Å². The van der Waals surface area contributed by atoms with Crippen molar-refractivity contribution in [2.75, 3.05) is 13.2 Å². The smallest absolute Gasteiger partial charge is 0.119 e. The Balaban J connectivity index is 1.81. The van der Waals surface area contributed by atoms with E-state index < -0.39 is 0 Å². The highest BCUT2D eigenvalue weighted by Gasteiger charge is 2.03. The molecule has 0 bridgehead atoms. The molecule has 0 saturated carbocycles. The van der Waals surface area contributed by atoms with E-state index in [4.69, 9.17) is 9.47 Å². The van der Waals surface area contributed by atoms with E-state index in [1.165, 1.54) is 62.5 Å². The molecule has 0 saturated heterocycles. The normalized spacial score (nSPS) is 10.8. The third-order valence-electron chi connectivity index (χ3n) is 5.03. The van der Waals surface area contributed by atoms with E-state index in [1.54, 1.807) is 0 Å². The Labute approximate surface area is 172 Å². The zero-order valence-corrected chi connectivity index (χ0v) is 17.9. The molecule has 2 aromatic carbocycles. The summed E-state index contributed by atoms with van der Waals surface area (Å²) in [6, 6.07) is 16.8. The maximum atomic E-state index is 5.98. The molecule has 0 unspecified atom stereocenters. The summed E-state index contributed by atoms with van der Waals surface area (Å²) < 4.78 is 11.9. The summed E-state index contributed by atoms with van der Waals surface area (Å²) in [6.07, 6.45) is 12.6. The molecule has 0 radical (unpaired) electrons. The fourth-order valence-electron chi connectivity index (χ4n) is 3.32. The summed E-state index contributed by atoms with van der Waals surface area (Å²) in [5, 5.41) is 0. The van der Waals surface area contributed by atoms with Gasteiger partial charge < -0.3 is 9.47 Å². The van der Waals surface area contributed by atoms with Crippen LogP contribution >= 0.6 is 0 Å². The van der Waals surface area contributed by atoms with Gasteiger partial charge in [0.1, 0.15) is 11.5 Å². The molecule has 0 spiro atoms. The molecule has 0 aliphatic rings. The molecule has 0 aliphatic carbocycles. The number of benzene rings is 2. The Morgan fingerprint density at radius 1 is 0.536 bits per heavy atom. The molecule has 0 aliphatic heterocycles. The van der Waals surface area contributed by atoms with Gasteiger partial charge in [-0.2, -0.15) is 0 Å². The van der Waals surface area contributed by atoms with Crippen molar-refractivity contribution >= 4 is 0 Å². The molecule has 28 heavy (non-hydrogen) atoms. The predicted molar refractivity (Wildman–Crippen MR) is 120 cm³/mol. The molecule has 0 amide bonds. The van der Waals surface area contributed by atoms with Gasteiger partial charge in [-0.05, 0) is 48.2 Å². The van der Waals surface area contributed by atoms with Crippen molar-refractivity contribution in [3.8, 4) is 22.6 Å². The lowest BCUT2D eigenvalue weighted by atomic mass is 10.1. The van der Waals surface area contributed by atoms with Crippen molar-refractivity contribution in [3.05, 3.63) is 48.5 Å². The van der Waals surface area contributed by atoms with Crippen LogP contribution in [0.5, 0.6) is 11.5 Å². The first-order valence-corrected chi connectivity index (χ1v) is 11.3. The topological polar surface area (TPSA) is 18.5 Å². The van der Waals surface area contributed by atoms with E-state index in [0.717, 1.165) is 37.6 Å². The maximum Gasteiger partial charge on any atom is 0.119 e. The zero-order valence-electron chi connectivity index (χ0n) is 17.9. The van der Waals surface area contributed by atoms with Crippen molar-refractivity contribution in [2.24, 2.45) is 0 Å². The van der Waals surface area contributed by atoms with Crippen LogP contribution in [-0.2, 0) is 0 Å². The summed E-state index contributed by atoms with van der Waals surface area (Å²) in [4.78, 5) is 0. The minimum atomic E-state index is 0.796. The first-order chi connectivity index (χ1) is 13.8. The van der Waals surface area contributed by atoms with Crippen molar-refractivity contribution in [1.29, 1.82) is 0 Å². The average molecular weight is 383 g/mol. The minimum Gasteiger partial charge on any atom is -0.494 e. The van der Waals surface area contributed by atoms with Gasteiger partial charge in [0, 0.05) is 0 Å². The van der Waals surface area contributed by atoms with E-state index in [1.807, 2.05) is 6.07 Å². The molecule has 0 heterocycles. The van der Waals surface area contributed by atoms with Crippen molar-refractivity contribution in [2.45, 2.75) is 78.1 Å². The van der Waals surface area contributed by atoms with Crippen molar-refractivity contribution < 1.29 is 9.47 Å². The molecule has 154 valence electrons. The monoisotopic (exact) mass is 382 g/mol. The summed E-state index contributed by atoms with van der Waals surface area (Å²) in [7, 11) is 0. The van der Waals surface area contributed by atoms with Gasteiger partial charge in [0.15, 0.2) is 0 Å². The molecular formula is C26H38O2. The molecule has 2 nitrogen and oxygen atoms in total. The second-order valence-electron chi connectivity index (χ2n) is 7.58. The fourth-order valence-corrected chi connectivity index (χ4v) is 3.32. The summed E-state index contributed by atoms with van der Waals surface area (Å²) in [5.41, 5.74) is 2.35. The Morgan fingerprint density at radius 2 is 0.964 bits per heavy atom. The number of hydrogen-bond acceptors (Lipinski definition) is 2. The minimum absolute atomic E-state index is 0.796. The highest BCUT2D eigenvalue weighted by molar-refractivity contribution is 5.66. The van der Waals surface area contributed by atoms with E-state index in [2.05, 4.69) is 56.3 Å². The lowest BCUT2D eigenvalue weighted by molar-refractivity contribution is 0.304. The molecule has 0 atom stereocenters. The zero-order chi connectivity index (χ0) is 19.9. The van der Waals surface area contributed by atoms with Crippen molar-refractivity contribution in [3.63, 3.8) is 0 Å². The van der Waals surface area contributed by atoms with Crippen LogP contribution in [0.25, 0.3) is 11.1 Å². The van der Waals surface area contributed by atoms with Gasteiger partial charge in [0.05, 0.1) is 13.2 Å². The molecular weight excluding hydrogens is 344 g/mol. The number of hydrogen-bond donors (Lipinski definition) is 0. The van der Waals surface area contributed by atoms with Gasteiger partial charge in [0.2, 0.25) is 0 Å². The quantitative estimate of drug-likeness (QED) is 0.290. The van der Waals surface area contributed by atoms with Crippen LogP contribution < -0.4 is 9.47 Å².